The normalized spacial score (nSPS) is 12.8. The molecule has 0 bridgehead atoms. The number of fused-ring (bicyclic) bond motifs is 1. The van der Waals surface area contributed by atoms with E-state index < -0.39 is 0 Å². The average Bonchev–Trinajstić information content (AvgIpc) is 3.34. The zero-order valence-electron chi connectivity index (χ0n) is 14.4. The van der Waals surface area contributed by atoms with Crippen LogP contribution in [-0.2, 0) is 12.8 Å². The summed E-state index contributed by atoms with van der Waals surface area (Å²) in [6, 6.07) is 13.5. The van der Waals surface area contributed by atoms with E-state index in [9.17, 15) is 4.79 Å². The zero-order chi connectivity index (χ0) is 17.9. The number of thioether (sulfide) groups is 1. The van der Waals surface area contributed by atoms with Gasteiger partial charge >= 0.3 is 0 Å². The van der Waals surface area contributed by atoms with Crippen molar-refractivity contribution in [3.63, 3.8) is 0 Å². The number of Topliss-reactive ketones (excluding diaryl/α,β-unsaturated/α-hetero) is 1. The van der Waals surface area contributed by atoms with Gasteiger partial charge in [0.25, 0.3) is 0 Å². The highest BCUT2D eigenvalue weighted by Gasteiger charge is 2.16. The summed E-state index contributed by atoms with van der Waals surface area (Å²) in [6.45, 7) is 0. The SMILES string of the molecule is COc1ccc(-n2nnnc2SCC(=O)c2ccc3c(c2)CCC3)cc1. The molecule has 1 aromatic heterocycles. The number of ketones is 1. The van der Waals surface area contributed by atoms with Crippen LogP contribution < -0.4 is 4.74 Å². The molecule has 0 fully saturated rings. The van der Waals surface area contributed by atoms with E-state index in [1.165, 1.54) is 29.3 Å². The number of rotatable bonds is 6. The van der Waals surface area contributed by atoms with Gasteiger partial charge in [-0.1, -0.05) is 23.9 Å². The summed E-state index contributed by atoms with van der Waals surface area (Å²) in [4.78, 5) is 12.6. The molecule has 0 saturated carbocycles. The van der Waals surface area contributed by atoms with Crippen molar-refractivity contribution < 1.29 is 9.53 Å². The van der Waals surface area contributed by atoms with Crippen LogP contribution in [0.15, 0.2) is 47.6 Å². The molecule has 4 rings (SSSR count). The topological polar surface area (TPSA) is 69.9 Å². The fourth-order valence-corrected chi connectivity index (χ4v) is 3.90. The van der Waals surface area contributed by atoms with Crippen molar-refractivity contribution in [3.8, 4) is 11.4 Å². The van der Waals surface area contributed by atoms with E-state index in [0.717, 1.165) is 29.8 Å². The number of aryl methyl sites for hydroxylation is 2. The molecule has 1 heterocycles. The van der Waals surface area contributed by atoms with Gasteiger partial charge in [-0.15, -0.1) is 5.10 Å². The van der Waals surface area contributed by atoms with Gasteiger partial charge in [0.1, 0.15) is 5.75 Å². The molecular weight excluding hydrogens is 348 g/mol. The molecule has 26 heavy (non-hydrogen) atoms. The summed E-state index contributed by atoms with van der Waals surface area (Å²) in [5, 5.41) is 12.4. The third kappa shape index (κ3) is 3.35. The molecule has 0 atom stereocenters. The molecule has 7 heteroatoms. The number of carbonyl (C=O) groups is 1. The molecule has 0 N–H and O–H groups in total. The zero-order valence-corrected chi connectivity index (χ0v) is 15.2. The van der Waals surface area contributed by atoms with Crippen LogP contribution in [0.1, 0.15) is 27.9 Å². The van der Waals surface area contributed by atoms with Gasteiger partial charge in [0.15, 0.2) is 5.78 Å². The largest absolute Gasteiger partial charge is 0.497 e. The lowest BCUT2D eigenvalue weighted by molar-refractivity contribution is 0.102. The molecule has 132 valence electrons. The number of nitrogens with zero attached hydrogens (tertiary/aromatic N) is 4. The average molecular weight is 366 g/mol. The molecule has 3 aromatic rings. The Balaban J connectivity index is 1.46. The minimum Gasteiger partial charge on any atom is -0.497 e. The second-order valence-electron chi connectivity index (χ2n) is 6.12. The standard InChI is InChI=1S/C19H18N4O2S/c1-25-17-9-7-16(8-10-17)23-19(20-21-22-23)26-12-18(24)15-6-5-13-3-2-4-14(13)11-15/h5-11H,2-4,12H2,1H3. The number of carbonyl (C=O) groups excluding carboxylic acids is 1. The Bertz CT molecular complexity index is 937. The fourth-order valence-electron chi connectivity index (χ4n) is 3.11. The number of ether oxygens (including phenoxy) is 1. The maximum absolute atomic E-state index is 12.6. The molecule has 1 aliphatic rings. The first-order chi connectivity index (χ1) is 12.7. The Labute approximate surface area is 155 Å². The Hall–Kier alpha value is -2.67. The number of benzene rings is 2. The molecule has 2 aromatic carbocycles. The van der Waals surface area contributed by atoms with Crippen LogP contribution in [0.3, 0.4) is 0 Å². The molecule has 1 aliphatic carbocycles. The molecule has 0 amide bonds. The van der Waals surface area contributed by atoms with E-state index in [4.69, 9.17) is 4.74 Å². The van der Waals surface area contributed by atoms with Crippen LogP contribution in [0.4, 0.5) is 0 Å². The summed E-state index contributed by atoms with van der Waals surface area (Å²) in [6.07, 6.45) is 3.37. The van der Waals surface area contributed by atoms with E-state index in [1.54, 1.807) is 11.8 Å². The smallest absolute Gasteiger partial charge is 0.214 e. The maximum Gasteiger partial charge on any atom is 0.214 e. The first kappa shape index (κ1) is 16.8. The predicted molar refractivity (Wildman–Crippen MR) is 99.2 cm³/mol. The second-order valence-corrected chi connectivity index (χ2v) is 7.06. The van der Waals surface area contributed by atoms with Crippen LogP contribution in [0.2, 0.25) is 0 Å². The summed E-state index contributed by atoms with van der Waals surface area (Å²) in [7, 11) is 1.62. The first-order valence-corrected chi connectivity index (χ1v) is 9.44. The lowest BCUT2D eigenvalue weighted by atomic mass is 10.0. The van der Waals surface area contributed by atoms with Crippen LogP contribution >= 0.6 is 11.8 Å². The minimum atomic E-state index is 0.0916. The van der Waals surface area contributed by atoms with Crippen molar-refractivity contribution >= 4 is 17.5 Å². The van der Waals surface area contributed by atoms with Crippen molar-refractivity contribution in [1.29, 1.82) is 0 Å². The van der Waals surface area contributed by atoms with Crippen LogP contribution in [0, 0.1) is 0 Å². The van der Waals surface area contributed by atoms with E-state index in [2.05, 4.69) is 21.6 Å². The molecule has 0 saturated heterocycles. The van der Waals surface area contributed by atoms with Crippen molar-refractivity contribution in [2.75, 3.05) is 12.9 Å². The first-order valence-electron chi connectivity index (χ1n) is 8.45. The van der Waals surface area contributed by atoms with E-state index in [-0.39, 0.29) is 5.78 Å². The molecule has 0 spiro atoms. The van der Waals surface area contributed by atoms with Gasteiger partial charge in [0.05, 0.1) is 18.6 Å². The van der Waals surface area contributed by atoms with Gasteiger partial charge in [-0.25, -0.2) is 0 Å². The molecular formula is C19H18N4O2S. The third-order valence-electron chi connectivity index (χ3n) is 4.51. The second kappa shape index (κ2) is 7.29. The lowest BCUT2D eigenvalue weighted by Gasteiger charge is -2.06. The number of tetrazole rings is 1. The predicted octanol–water partition coefficient (Wildman–Crippen LogP) is 3.13. The number of methoxy groups -OCH3 is 1. The van der Waals surface area contributed by atoms with Crippen molar-refractivity contribution in [1.82, 2.24) is 20.2 Å². The Morgan fingerprint density at radius 2 is 1.96 bits per heavy atom. The van der Waals surface area contributed by atoms with Crippen LogP contribution in [0.5, 0.6) is 5.75 Å². The number of hydrogen-bond acceptors (Lipinski definition) is 6. The molecule has 0 radical (unpaired) electrons. The van der Waals surface area contributed by atoms with E-state index in [1.807, 2.05) is 36.4 Å². The molecule has 6 nitrogen and oxygen atoms in total. The van der Waals surface area contributed by atoms with Gasteiger partial charge < -0.3 is 4.74 Å². The van der Waals surface area contributed by atoms with Crippen molar-refractivity contribution in [2.24, 2.45) is 0 Å². The molecule has 0 unspecified atom stereocenters. The Kier molecular flexibility index (Phi) is 4.71. The van der Waals surface area contributed by atoms with Crippen LogP contribution in [0.25, 0.3) is 5.69 Å². The van der Waals surface area contributed by atoms with Crippen molar-refractivity contribution in [2.45, 2.75) is 24.4 Å². The van der Waals surface area contributed by atoms with E-state index >= 15 is 0 Å². The highest BCUT2D eigenvalue weighted by molar-refractivity contribution is 7.99. The summed E-state index contributed by atoms with van der Waals surface area (Å²) in [5.74, 6) is 1.16. The Morgan fingerprint density at radius 1 is 1.15 bits per heavy atom. The third-order valence-corrected chi connectivity index (χ3v) is 5.43. The summed E-state index contributed by atoms with van der Waals surface area (Å²) >= 11 is 1.34. The summed E-state index contributed by atoms with van der Waals surface area (Å²) in [5.41, 5.74) is 4.27. The Morgan fingerprint density at radius 3 is 2.77 bits per heavy atom. The number of aromatic nitrogens is 4. The quantitative estimate of drug-likeness (QED) is 0.493. The highest BCUT2D eigenvalue weighted by Crippen LogP contribution is 2.25. The fraction of sp³-hybridized carbons (Fsp3) is 0.263. The van der Waals surface area contributed by atoms with Gasteiger partial charge in [0, 0.05) is 5.56 Å². The maximum atomic E-state index is 12.6. The highest BCUT2D eigenvalue weighted by atomic mass is 32.2. The van der Waals surface area contributed by atoms with E-state index in [0.29, 0.717) is 10.9 Å². The molecule has 0 aliphatic heterocycles. The lowest BCUT2D eigenvalue weighted by Crippen LogP contribution is -2.05. The minimum absolute atomic E-state index is 0.0916. The van der Waals surface area contributed by atoms with Gasteiger partial charge in [0.2, 0.25) is 5.16 Å². The van der Waals surface area contributed by atoms with Gasteiger partial charge in [-0.05, 0) is 71.1 Å². The summed E-state index contributed by atoms with van der Waals surface area (Å²) < 4.78 is 6.79. The monoisotopic (exact) mass is 366 g/mol. The van der Waals surface area contributed by atoms with Gasteiger partial charge in [-0.3, -0.25) is 4.79 Å². The van der Waals surface area contributed by atoms with Crippen molar-refractivity contribution in [3.05, 3.63) is 59.2 Å². The number of hydrogen-bond donors (Lipinski definition) is 0. The van der Waals surface area contributed by atoms with Gasteiger partial charge in [-0.2, -0.15) is 4.68 Å². The van der Waals surface area contributed by atoms with Crippen LogP contribution in [-0.4, -0.2) is 38.9 Å².